The number of halogens is 1. The average Bonchev–Trinajstić information content (AvgIpc) is 2.93. The average molecular weight is 299 g/mol. The van der Waals surface area contributed by atoms with E-state index in [0.29, 0.717) is 11.4 Å². The Morgan fingerprint density at radius 1 is 1.19 bits per heavy atom. The van der Waals surface area contributed by atoms with Crippen molar-refractivity contribution in [1.82, 2.24) is 5.01 Å². The van der Waals surface area contributed by atoms with Crippen molar-refractivity contribution in [2.75, 3.05) is 0 Å². The van der Waals surface area contributed by atoms with E-state index in [1.807, 2.05) is 54.6 Å². The molecular weight excluding hydrogens is 284 g/mol. The van der Waals surface area contributed by atoms with E-state index in [2.05, 4.69) is 5.10 Å². The summed E-state index contributed by atoms with van der Waals surface area (Å²) in [7, 11) is 0. The maximum absolute atomic E-state index is 11.9. The zero-order valence-electron chi connectivity index (χ0n) is 11.7. The zero-order chi connectivity index (χ0) is 14.8. The van der Waals surface area contributed by atoms with Crippen LogP contribution >= 0.6 is 11.6 Å². The zero-order valence-corrected chi connectivity index (χ0v) is 12.4. The van der Waals surface area contributed by atoms with Gasteiger partial charge in [0.05, 0.1) is 11.8 Å². The quantitative estimate of drug-likeness (QED) is 0.823. The van der Waals surface area contributed by atoms with Gasteiger partial charge in [-0.25, -0.2) is 5.01 Å². The van der Waals surface area contributed by atoms with E-state index in [1.165, 1.54) is 0 Å². The van der Waals surface area contributed by atoms with E-state index < -0.39 is 0 Å². The molecule has 0 fully saturated rings. The second-order valence-electron chi connectivity index (χ2n) is 5.05. The summed E-state index contributed by atoms with van der Waals surface area (Å²) in [6.07, 6.45) is 0.698. The molecule has 3 rings (SSSR count). The molecular formula is C17H15ClN2O. The van der Waals surface area contributed by atoms with Gasteiger partial charge >= 0.3 is 0 Å². The van der Waals surface area contributed by atoms with Crippen LogP contribution in [-0.4, -0.2) is 16.6 Å². The number of hydrazone groups is 1. The molecule has 0 N–H and O–H groups in total. The second-order valence-corrected chi connectivity index (χ2v) is 5.49. The molecule has 1 aliphatic heterocycles. The summed E-state index contributed by atoms with van der Waals surface area (Å²) in [6.45, 7) is 1.54. The highest BCUT2D eigenvalue weighted by Crippen LogP contribution is 2.32. The molecule has 2 aromatic carbocycles. The first-order valence-corrected chi connectivity index (χ1v) is 7.21. The highest BCUT2D eigenvalue weighted by Gasteiger charge is 2.31. The van der Waals surface area contributed by atoms with Crippen molar-refractivity contribution in [2.45, 2.75) is 19.4 Å². The predicted molar refractivity (Wildman–Crippen MR) is 84.3 cm³/mol. The minimum Gasteiger partial charge on any atom is -0.273 e. The van der Waals surface area contributed by atoms with Crippen LogP contribution in [0.2, 0.25) is 5.02 Å². The lowest BCUT2D eigenvalue weighted by Crippen LogP contribution is -2.24. The molecule has 4 heteroatoms. The summed E-state index contributed by atoms with van der Waals surface area (Å²) in [5, 5.41) is 6.73. The molecule has 0 unspecified atom stereocenters. The molecule has 1 heterocycles. The molecule has 21 heavy (non-hydrogen) atoms. The van der Waals surface area contributed by atoms with Crippen molar-refractivity contribution in [3.05, 3.63) is 70.7 Å². The van der Waals surface area contributed by atoms with Gasteiger partial charge in [0.1, 0.15) is 0 Å². The minimum absolute atomic E-state index is 0.0438. The number of nitrogens with zero attached hydrogens (tertiary/aromatic N) is 2. The van der Waals surface area contributed by atoms with Gasteiger partial charge in [-0.3, -0.25) is 4.79 Å². The van der Waals surface area contributed by atoms with Crippen LogP contribution in [-0.2, 0) is 4.79 Å². The van der Waals surface area contributed by atoms with Gasteiger partial charge in [0.25, 0.3) is 0 Å². The Labute approximate surface area is 128 Å². The van der Waals surface area contributed by atoms with Crippen molar-refractivity contribution in [2.24, 2.45) is 5.10 Å². The topological polar surface area (TPSA) is 32.7 Å². The standard InChI is InChI=1S/C17H15ClN2O/c1-12(21)20-17(13-6-3-2-4-7-13)11-16(19-20)14-8-5-9-15(18)10-14/h2-10,17H,11H2,1H3/t17-/m0/s1. The Morgan fingerprint density at radius 2 is 1.95 bits per heavy atom. The van der Waals surface area contributed by atoms with Gasteiger partial charge < -0.3 is 0 Å². The second kappa shape index (κ2) is 5.70. The van der Waals surface area contributed by atoms with E-state index in [1.54, 1.807) is 11.9 Å². The van der Waals surface area contributed by atoms with Gasteiger partial charge in [0.15, 0.2) is 0 Å². The number of amides is 1. The SMILES string of the molecule is CC(=O)N1N=C(c2cccc(Cl)c2)C[C@H]1c1ccccc1. The number of rotatable bonds is 2. The molecule has 0 aliphatic carbocycles. The van der Waals surface area contributed by atoms with Gasteiger partial charge in [-0.2, -0.15) is 5.10 Å². The van der Waals surface area contributed by atoms with Crippen molar-refractivity contribution >= 4 is 23.2 Å². The predicted octanol–water partition coefficient (Wildman–Crippen LogP) is 4.04. The third kappa shape index (κ3) is 2.83. The summed E-state index contributed by atoms with van der Waals surface area (Å²) >= 11 is 6.04. The Morgan fingerprint density at radius 3 is 2.62 bits per heavy atom. The largest absolute Gasteiger partial charge is 0.273 e. The summed E-state index contributed by atoms with van der Waals surface area (Å²) in [4.78, 5) is 11.9. The van der Waals surface area contributed by atoms with Gasteiger partial charge in [0.2, 0.25) is 5.91 Å². The molecule has 0 saturated carbocycles. The lowest BCUT2D eigenvalue weighted by atomic mass is 9.98. The van der Waals surface area contributed by atoms with Crippen molar-refractivity contribution < 1.29 is 4.79 Å². The first kappa shape index (κ1) is 13.8. The monoisotopic (exact) mass is 298 g/mol. The van der Waals surface area contributed by atoms with Crippen LogP contribution in [0.15, 0.2) is 59.7 Å². The smallest absolute Gasteiger partial charge is 0.240 e. The molecule has 0 bridgehead atoms. The summed E-state index contributed by atoms with van der Waals surface area (Å²) in [5.74, 6) is -0.0547. The van der Waals surface area contributed by atoms with Crippen LogP contribution in [0.3, 0.4) is 0 Å². The number of hydrogen-bond donors (Lipinski definition) is 0. The molecule has 0 spiro atoms. The van der Waals surface area contributed by atoms with Crippen LogP contribution in [0.25, 0.3) is 0 Å². The van der Waals surface area contributed by atoms with E-state index >= 15 is 0 Å². The maximum atomic E-state index is 11.9. The molecule has 3 nitrogen and oxygen atoms in total. The van der Waals surface area contributed by atoms with Gasteiger partial charge in [0, 0.05) is 18.4 Å². The fourth-order valence-electron chi connectivity index (χ4n) is 2.58. The summed E-state index contributed by atoms with van der Waals surface area (Å²) in [5.41, 5.74) is 2.95. The summed E-state index contributed by atoms with van der Waals surface area (Å²) in [6, 6.07) is 17.5. The van der Waals surface area contributed by atoms with Gasteiger partial charge in [-0.1, -0.05) is 54.1 Å². The maximum Gasteiger partial charge on any atom is 0.240 e. The molecule has 2 aromatic rings. The first-order chi connectivity index (χ1) is 10.1. The number of hydrogen-bond acceptors (Lipinski definition) is 2. The fraction of sp³-hybridized carbons (Fsp3) is 0.176. The van der Waals surface area contributed by atoms with Crippen molar-refractivity contribution in [3.8, 4) is 0 Å². The fourth-order valence-corrected chi connectivity index (χ4v) is 2.77. The molecule has 0 radical (unpaired) electrons. The number of benzene rings is 2. The van der Waals surface area contributed by atoms with Crippen LogP contribution in [0, 0.1) is 0 Å². The van der Waals surface area contributed by atoms with Crippen LogP contribution in [0.4, 0.5) is 0 Å². The van der Waals surface area contributed by atoms with Crippen molar-refractivity contribution in [3.63, 3.8) is 0 Å². The molecule has 1 atom stereocenters. The van der Waals surface area contributed by atoms with E-state index in [0.717, 1.165) is 16.8 Å². The third-order valence-electron chi connectivity index (χ3n) is 3.58. The van der Waals surface area contributed by atoms with Crippen LogP contribution < -0.4 is 0 Å². The Balaban J connectivity index is 1.95. The van der Waals surface area contributed by atoms with E-state index in [4.69, 9.17) is 11.6 Å². The lowest BCUT2D eigenvalue weighted by molar-refractivity contribution is -0.130. The number of carbonyl (C=O) groups is 1. The molecule has 1 amide bonds. The highest BCUT2D eigenvalue weighted by molar-refractivity contribution is 6.31. The molecule has 1 aliphatic rings. The van der Waals surface area contributed by atoms with Crippen LogP contribution in [0.1, 0.15) is 30.5 Å². The Bertz CT molecular complexity index is 697. The number of carbonyl (C=O) groups excluding carboxylic acids is 1. The Hall–Kier alpha value is -2.13. The minimum atomic E-state index is -0.0547. The van der Waals surface area contributed by atoms with E-state index in [-0.39, 0.29) is 11.9 Å². The summed E-state index contributed by atoms with van der Waals surface area (Å²) < 4.78 is 0. The Kier molecular flexibility index (Phi) is 3.76. The lowest BCUT2D eigenvalue weighted by Gasteiger charge is -2.20. The molecule has 106 valence electrons. The first-order valence-electron chi connectivity index (χ1n) is 6.83. The molecule has 0 aromatic heterocycles. The van der Waals surface area contributed by atoms with Crippen molar-refractivity contribution in [1.29, 1.82) is 0 Å². The van der Waals surface area contributed by atoms with E-state index in [9.17, 15) is 4.79 Å². The van der Waals surface area contributed by atoms with Crippen LogP contribution in [0.5, 0.6) is 0 Å². The highest BCUT2D eigenvalue weighted by atomic mass is 35.5. The molecule has 0 saturated heterocycles. The van der Waals surface area contributed by atoms with Gasteiger partial charge in [-0.15, -0.1) is 0 Å². The normalized spacial score (nSPS) is 17.7. The third-order valence-corrected chi connectivity index (χ3v) is 3.81. The van der Waals surface area contributed by atoms with Gasteiger partial charge in [-0.05, 0) is 23.3 Å².